The summed E-state index contributed by atoms with van der Waals surface area (Å²) in [5.41, 5.74) is 0.225. The molecule has 1 amide bonds. The zero-order chi connectivity index (χ0) is 17.9. The number of benzene rings is 1. The molecule has 0 spiro atoms. The Morgan fingerprint density at radius 3 is 2.73 bits per heavy atom. The lowest BCUT2D eigenvalue weighted by Gasteiger charge is -2.31. The van der Waals surface area contributed by atoms with E-state index < -0.39 is 0 Å². The van der Waals surface area contributed by atoms with Crippen molar-refractivity contribution >= 4 is 16.9 Å². The fourth-order valence-electron chi connectivity index (χ4n) is 3.15. The molecule has 1 aromatic carbocycles. The number of ether oxygens (including phenoxy) is 1. The molecule has 1 aliphatic rings. The third-order valence-corrected chi connectivity index (χ3v) is 4.51. The molecular formula is C20H18N2O4. The van der Waals surface area contributed by atoms with E-state index in [9.17, 15) is 9.59 Å². The predicted molar refractivity (Wildman–Crippen MR) is 96.3 cm³/mol. The number of nitrogens with zero attached hydrogens (tertiary/aromatic N) is 2. The summed E-state index contributed by atoms with van der Waals surface area (Å²) < 4.78 is 11.5. The van der Waals surface area contributed by atoms with Gasteiger partial charge >= 0.3 is 0 Å². The topological polar surface area (TPSA) is 72.6 Å². The maximum absolute atomic E-state index is 12.7. The molecule has 1 saturated heterocycles. The van der Waals surface area contributed by atoms with E-state index in [2.05, 4.69) is 4.98 Å². The second kappa shape index (κ2) is 7.00. The van der Waals surface area contributed by atoms with Crippen LogP contribution in [-0.2, 0) is 0 Å². The first-order chi connectivity index (χ1) is 12.7. The summed E-state index contributed by atoms with van der Waals surface area (Å²) in [4.78, 5) is 30.6. The van der Waals surface area contributed by atoms with Crippen LogP contribution in [0.1, 0.15) is 23.4 Å². The van der Waals surface area contributed by atoms with Crippen molar-refractivity contribution in [3.05, 3.63) is 70.8 Å². The summed E-state index contributed by atoms with van der Waals surface area (Å²) in [7, 11) is 0. The number of rotatable bonds is 3. The first-order valence-corrected chi connectivity index (χ1v) is 8.59. The second-order valence-corrected chi connectivity index (χ2v) is 6.27. The largest absolute Gasteiger partial charge is 0.489 e. The van der Waals surface area contributed by atoms with Gasteiger partial charge in [-0.1, -0.05) is 12.1 Å². The zero-order valence-electron chi connectivity index (χ0n) is 14.1. The number of piperidine rings is 1. The normalized spacial score (nSPS) is 15.2. The molecule has 4 rings (SSSR count). The van der Waals surface area contributed by atoms with Gasteiger partial charge in [-0.25, -0.2) is 0 Å². The molecule has 132 valence electrons. The monoisotopic (exact) mass is 350 g/mol. The van der Waals surface area contributed by atoms with E-state index >= 15 is 0 Å². The van der Waals surface area contributed by atoms with Crippen molar-refractivity contribution in [1.82, 2.24) is 9.88 Å². The Balaban J connectivity index is 1.44. The molecule has 0 saturated carbocycles. The first kappa shape index (κ1) is 16.3. The summed E-state index contributed by atoms with van der Waals surface area (Å²) in [5.74, 6) is 0.561. The third-order valence-electron chi connectivity index (χ3n) is 4.51. The number of hydrogen-bond donors (Lipinski definition) is 0. The summed E-state index contributed by atoms with van der Waals surface area (Å²) in [5, 5.41) is 0.479. The fraction of sp³-hybridized carbons (Fsp3) is 0.250. The number of para-hydroxylation sites is 1. The fourth-order valence-corrected chi connectivity index (χ4v) is 3.15. The minimum absolute atomic E-state index is 0.0480. The molecular weight excluding hydrogens is 332 g/mol. The van der Waals surface area contributed by atoms with Crippen LogP contribution in [-0.4, -0.2) is 35.0 Å². The Morgan fingerprint density at radius 1 is 1.15 bits per heavy atom. The minimum Gasteiger partial charge on any atom is -0.489 e. The number of hydrogen-bond acceptors (Lipinski definition) is 5. The Morgan fingerprint density at radius 2 is 1.96 bits per heavy atom. The number of carbonyl (C=O) groups excluding carboxylic acids is 1. The SMILES string of the molecule is O=C(c1cc(=O)c2ccccc2o1)N1CCC(Oc2cccnc2)CC1. The quantitative estimate of drug-likeness (QED) is 0.726. The molecule has 26 heavy (non-hydrogen) atoms. The number of aromatic nitrogens is 1. The molecule has 3 aromatic rings. The van der Waals surface area contributed by atoms with Gasteiger partial charge in [0.2, 0.25) is 0 Å². The van der Waals surface area contributed by atoms with Gasteiger partial charge in [0.1, 0.15) is 17.4 Å². The van der Waals surface area contributed by atoms with Gasteiger partial charge in [-0.2, -0.15) is 0 Å². The van der Waals surface area contributed by atoms with Crippen molar-refractivity contribution in [2.75, 3.05) is 13.1 Å². The highest BCUT2D eigenvalue weighted by atomic mass is 16.5. The standard InChI is InChI=1S/C20H18N2O4/c23-17-12-19(26-18-6-2-1-5-16(17)18)20(24)22-10-7-14(8-11-22)25-15-4-3-9-21-13-15/h1-6,9,12-14H,7-8,10-11H2. The van der Waals surface area contributed by atoms with E-state index in [1.807, 2.05) is 12.1 Å². The van der Waals surface area contributed by atoms with Crippen LogP contribution in [0.2, 0.25) is 0 Å². The van der Waals surface area contributed by atoms with Crippen LogP contribution in [0.15, 0.2) is 64.1 Å². The summed E-state index contributed by atoms with van der Waals surface area (Å²) in [6.07, 6.45) is 4.87. The summed E-state index contributed by atoms with van der Waals surface area (Å²) >= 11 is 0. The number of fused-ring (bicyclic) bond motifs is 1. The Hall–Kier alpha value is -3.15. The van der Waals surface area contributed by atoms with Crippen LogP contribution in [0.3, 0.4) is 0 Å². The van der Waals surface area contributed by atoms with Gasteiger partial charge in [0.05, 0.1) is 11.6 Å². The summed E-state index contributed by atoms with van der Waals surface area (Å²) in [6.45, 7) is 1.11. The van der Waals surface area contributed by atoms with Crippen LogP contribution in [0, 0.1) is 0 Å². The molecule has 1 fully saturated rings. The van der Waals surface area contributed by atoms with Crippen LogP contribution in [0.25, 0.3) is 11.0 Å². The second-order valence-electron chi connectivity index (χ2n) is 6.27. The highest BCUT2D eigenvalue weighted by Crippen LogP contribution is 2.20. The van der Waals surface area contributed by atoms with Gasteiger partial charge in [-0.15, -0.1) is 0 Å². The van der Waals surface area contributed by atoms with Gasteiger partial charge in [0, 0.05) is 38.2 Å². The maximum Gasteiger partial charge on any atom is 0.289 e. The van der Waals surface area contributed by atoms with Gasteiger partial charge in [0.15, 0.2) is 11.2 Å². The molecule has 0 atom stereocenters. The van der Waals surface area contributed by atoms with E-state index in [-0.39, 0.29) is 23.2 Å². The van der Waals surface area contributed by atoms with E-state index in [1.165, 1.54) is 6.07 Å². The van der Waals surface area contributed by atoms with Crippen LogP contribution in [0.4, 0.5) is 0 Å². The third kappa shape index (κ3) is 3.31. The molecule has 6 heteroatoms. The van der Waals surface area contributed by atoms with Gasteiger partial charge in [-0.05, 0) is 24.3 Å². The smallest absolute Gasteiger partial charge is 0.289 e. The molecule has 0 N–H and O–H groups in total. The highest BCUT2D eigenvalue weighted by Gasteiger charge is 2.26. The molecule has 3 heterocycles. The average Bonchev–Trinajstić information content (AvgIpc) is 2.69. The van der Waals surface area contributed by atoms with Crippen molar-refractivity contribution in [3.8, 4) is 5.75 Å². The lowest BCUT2D eigenvalue weighted by molar-refractivity contribution is 0.0566. The zero-order valence-corrected chi connectivity index (χ0v) is 14.1. The van der Waals surface area contributed by atoms with Crippen LogP contribution in [0.5, 0.6) is 5.75 Å². The molecule has 0 aliphatic carbocycles. The lowest BCUT2D eigenvalue weighted by atomic mass is 10.1. The molecule has 6 nitrogen and oxygen atoms in total. The van der Waals surface area contributed by atoms with E-state index in [4.69, 9.17) is 9.15 Å². The number of pyridine rings is 1. The molecule has 0 unspecified atom stereocenters. The van der Waals surface area contributed by atoms with Crippen molar-refractivity contribution < 1.29 is 13.9 Å². The Kier molecular flexibility index (Phi) is 4.39. The Labute approximate surface area is 150 Å². The molecule has 0 radical (unpaired) electrons. The van der Waals surface area contributed by atoms with E-state index in [0.717, 1.165) is 18.6 Å². The van der Waals surface area contributed by atoms with Crippen molar-refractivity contribution in [2.45, 2.75) is 18.9 Å². The minimum atomic E-state index is -0.257. The molecule has 1 aliphatic heterocycles. The maximum atomic E-state index is 12.7. The molecule has 2 aromatic heterocycles. The van der Waals surface area contributed by atoms with Gasteiger partial charge < -0.3 is 14.1 Å². The van der Waals surface area contributed by atoms with Crippen LogP contribution < -0.4 is 10.2 Å². The number of likely N-dealkylation sites (tertiary alicyclic amines) is 1. The predicted octanol–water partition coefficient (Wildman–Crippen LogP) is 2.87. The van der Waals surface area contributed by atoms with Gasteiger partial charge in [0.25, 0.3) is 5.91 Å². The van der Waals surface area contributed by atoms with Crippen LogP contribution >= 0.6 is 0 Å². The van der Waals surface area contributed by atoms with Gasteiger partial charge in [-0.3, -0.25) is 14.6 Å². The first-order valence-electron chi connectivity index (χ1n) is 8.59. The lowest BCUT2D eigenvalue weighted by Crippen LogP contribution is -2.42. The van der Waals surface area contributed by atoms with Crippen molar-refractivity contribution in [3.63, 3.8) is 0 Å². The number of amides is 1. The Bertz CT molecular complexity index is 976. The van der Waals surface area contributed by atoms with Crippen molar-refractivity contribution in [2.24, 2.45) is 0 Å². The molecule has 0 bridgehead atoms. The summed E-state index contributed by atoms with van der Waals surface area (Å²) in [6, 6.07) is 11.9. The van der Waals surface area contributed by atoms with E-state index in [0.29, 0.717) is 24.1 Å². The average molecular weight is 350 g/mol. The number of carbonyl (C=O) groups is 1. The highest BCUT2D eigenvalue weighted by molar-refractivity contribution is 5.93. The van der Waals surface area contributed by atoms with Crippen molar-refractivity contribution in [1.29, 1.82) is 0 Å². The van der Waals surface area contributed by atoms with E-state index in [1.54, 1.807) is 41.6 Å².